The summed E-state index contributed by atoms with van der Waals surface area (Å²) < 4.78 is 2.41. The highest BCUT2D eigenvalue weighted by atomic mass is 15.1. The van der Waals surface area contributed by atoms with Crippen LogP contribution in [-0.4, -0.2) is 4.57 Å². The van der Waals surface area contributed by atoms with Crippen molar-refractivity contribution >= 4 is 51.0 Å². The van der Waals surface area contributed by atoms with Crippen molar-refractivity contribution in [2.24, 2.45) is 0 Å². The lowest BCUT2D eigenvalue weighted by Gasteiger charge is -2.34. The van der Waals surface area contributed by atoms with Crippen molar-refractivity contribution in [3.8, 4) is 61.3 Å². The van der Waals surface area contributed by atoms with E-state index in [1.165, 1.54) is 83.1 Å². The van der Waals surface area contributed by atoms with Gasteiger partial charge < -0.3 is 9.47 Å². The van der Waals surface area contributed by atoms with Crippen molar-refractivity contribution < 1.29 is 0 Å². The van der Waals surface area contributed by atoms with E-state index in [1.54, 1.807) is 0 Å². The fourth-order valence-corrected chi connectivity index (χ4v) is 12.5. The van der Waals surface area contributed by atoms with Crippen LogP contribution in [0.1, 0.15) is 33.4 Å². The van der Waals surface area contributed by atoms with Crippen LogP contribution < -0.4 is 4.90 Å². The molecule has 2 heteroatoms. The maximum absolute atomic E-state index is 4.05. The Labute approximate surface area is 468 Å². The smallest absolute Gasteiger partial charge is 0.0541 e. The average Bonchev–Trinajstić information content (AvgIpc) is 4.20. The second-order valence-electron chi connectivity index (χ2n) is 21.0. The van der Waals surface area contributed by atoms with Crippen LogP contribution in [0, 0.1) is 0 Å². The molecule has 1 heterocycles. The predicted molar refractivity (Wildman–Crippen MR) is 339 cm³/mol. The van der Waals surface area contributed by atoms with Crippen molar-refractivity contribution in [2.75, 3.05) is 4.90 Å². The molecule has 0 spiro atoms. The molecule has 2 nitrogen and oxygen atoms in total. The van der Waals surface area contributed by atoms with Gasteiger partial charge in [0.05, 0.1) is 16.4 Å². The van der Waals surface area contributed by atoms with Crippen LogP contribution in [0.4, 0.5) is 17.1 Å². The SMILES string of the molecule is C=Cc1ccc(CC2(c3ccccc3)c3ccccc3-c3ccc(N(c4ccc(-c5ccccc5)cc4)c4ccc(-c5ccc6c(c5)c5cc(-c7ccccc7)ccc5n6-c5ccc(-c6ccc(C=C)cc6)cc5)cc4)cc32)cc1. The lowest BCUT2D eigenvalue weighted by molar-refractivity contribution is 0.629. The number of anilines is 3. The van der Waals surface area contributed by atoms with Crippen LogP contribution in [-0.2, 0) is 11.8 Å². The molecule has 1 aliphatic rings. The highest BCUT2D eigenvalue weighted by molar-refractivity contribution is 6.11. The van der Waals surface area contributed by atoms with Gasteiger partial charge in [0.15, 0.2) is 0 Å². The first-order valence-corrected chi connectivity index (χ1v) is 27.6. The van der Waals surface area contributed by atoms with Crippen LogP contribution in [0.15, 0.2) is 304 Å². The number of hydrogen-bond donors (Lipinski definition) is 0. The molecule has 1 atom stereocenters. The highest BCUT2D eigenvalue weighted by Crippen LogP contribution is 2.56. The van der Waals surface area contributed by atoms with E-state index >= 15 is 0 Å². The molecule has 0 radical (unpaired) electrons. The molecule has 0 amide bonds. The minimum absolute atomic E-state index is 0.447. The summed E-state index contributed by atoms with van der Waals surface area (Å²) in [7, 11) is 0. The van der Waals surface area contributed by atoms with E-state index in [1.807, 2.05) is 12.2 Å². The summed E-state index contributed by atoms with van der Waals surface area (Å²) in [6.07, 6.45) is 4.61. The van der Waals surface area contributed by atoms with Crippen LogP contribution in [0.25, 0.3) is 95.3 Å². The summed E-state index contributed by atoms with van der Waals surface area (Å²) in [5.74, 6) is 0. The summed E-state index contributed by atoms with van der Waals surface area (Å²) in [5.41, 5.74) is 25.7. The Hall–Kier alpha value is -10.3. The Balaban J connectivity index is 0.891. The summed E-state index contributed by atoms with van der Waals surface area (Å²) in [6, 6.07) is 107. The fraction of sp³-hybridized carbons (Fsp3) is 0.0256. The summed E-state index contributed by atoms with van der Waals surface area (Å²) >= 11 is 0. The quantitative estimate of drug-likeness (QED) is 0.112. The molecule has 13 aromatic rings. The van der Waals surface area contributed by atoms with Gasteiger partial charge in [0, 0.05) is 33.5 Å². The fourth-order valence-electron chi connectivity index (χ4n) is 12.5. The van der Waals surface area contributed by atoms with E-state index in [4.69, 9.17) is 0 Å². The molecule has 12 aromatic carbocycles. The Bertz CT molecular complexity index is 4400. The second kappa shape index (κ2) is 20.3. The lowest BCUT2D eigenvalue weighted by Crippen LogP contribution is -2.30. The van der Waals surface area contributed by atoms with Gasteiger partial charge in [0.25, 0.3) is 0 Å². The first kappa shape index (κ1) is 48.1. The van der Waals surface area contributed by atoms with Gasteiger partial charge in [-0.15, -0.1) is 0 Å². The minimum Gasteiger partial charge on any atom is -0.310 e. The van der Waals surface area contributed by atoms with Crippen molar-refractivity contribution in [3.63, 3.8) is 0 Å². The van der Waals surface area contributed by atoms with Gasteiger partial charge in [-0.05, 0) is 168 Å². The standard InChI is InChI=1S/C78H56N2/c1-3-54-24-26-56(27-25-54)53-78(65-20-12-7-13-21-65)74-23-15-14-22-70(74)71-47-46-69(52-75(71)78)79(66-40-32-60(33-41-66)57-16-8-5-9-17-57)67-42-36-62(37-43-67)64-39-49-77-73(51-64)72-50-63(58-18-10-6-11-19-58)38-48-76(72)80(77)68-44-34-61(35-45-68)59-30-28-55(4-2)29-31-59/h3-52H,1-2,53H2. The number of nitrogens with zero attached hydrogens (tertiary/aromatic N) is 2. The summed E-state index contributed by atoms with van der Waals surface area (Å²) in [6.45, 7) is 7.99. The van der Waals surface area contributed by atoms with Crippen LogP contribution in [0.5, 0.6) is 0 Å². The molecule has 378 valence electrons. The van der Waals surface area contributed by atoms with Gasteiger partial charge in [-0.25, -0.2) is 0 Å². The number of fused-ring (bicyclic) bond motifs is 6. The Morgan fingerprint density at radius 2 is 0.750 bits per heavy atom. The molecular weight excluding hydrogens is 965 g/mol. The molecule has 0 aliphatic heterocycles. The van der Waals surface area contributed by atoms with Crippen molar-refractivity contribution in [1.29, 1.82) is 0 Å². The van der Waals surface area contributed by atoms with Gasteiger partial charge in [0.2, 0.25) is 0 Å². The molecule has 0 bridgehead atoms. The molecule has 0 fully saturated rings. The van der Waals surface area contributed by atoms with Gasteiger partial charge >= 0.3 is 0 Å². The van der Waals surface area contributed by atoms with E-state index in [0.717, 1.165) is 56.9 Å². The van der Waals surface area contributed by atoms with E-state index in [2.05, 4.69) is 314 Å². The first-order chi connectivity index (χ1) is 39.5. The topological polar surface area (TPSA) is 8.17 Å². The van der Waals surface area contributed by atoms with Crippen molar-refractivity contribution in [3.05, 3.63) is 338 Å². The molecule has 1 unspecified atom stereocenters. The zero-order valence-corrected chi connectivity index (χ0v) is 44.4. The predicted octanol–water partition coefficient (Wildman–Crippen LogP) is 20.8. The number of aromatic nitrogens is 1. The molecule has 0 saturated heterocycles. The van der Waals surface area contributed by atoms with Crippen LogP contribution in [0.3, 0.4) is 0 Å². The maximum atomic E-state index is 4.05. The molecule has 1 aliphatic carbocycles. The van der Waals surface area contributed by atoms with E-state index in [-0.39, 0.29) is 0 Å². The van der Waals surface area contributed by atoms with Gasteiger partial charge in [-0.1, -0.05) is 244 Å². The zero-order chi connectivity index (χ0) is 53.6. The molecular formula is C78H56N2. The van der Waals surface area contributed by atoms with Gasteiger partial charge in [0.1, 0.15) is 0 Å². The zero-order valence-electron chi connectivity index (χ0n) is 44.4. The van der Waals surface area contributed by atoms with Crippen LogP contribution >= 0.6 is 0 Å². The lowest BCUT2D eigenvalue weighted by atomic mass is 9.68. The van der Waals surface area contributed by atoms with E-state index < -0.39 is 5.41 Å². The normalized spacial score (nSPS) is 13.4. The van der Waals surface area contributed by atoms with Gasteiger partial charge in [-0.2, -0.15) is 0 Å². The van der Waals surface area contributed by atoms with Crippen molar-refractivity contribution in [2.45, 2.75) is 11.8 Å². The third-order valence-corrected chi connectivity index (χ3v) is 16.5. The maximum Gasteiger partial charge on any atom is 0.0541 e. The third-order valence-electron chi connectivity index (χ3n) is 16.5. The number of hydrogen-bond acceptors (Lipinski definition) is 1. The van der Waals surface area contributed by atoms with E-state index in [9.17, 15) is 0 Å². The molecule has 80 heavy (non-hydrogen) atoms. The van der Waals surface area contributed by atoms with E-state index in [0.29, 0.717) is 0 Å². The monoisotopic (exact) mass is 1020 g/mol. The summed E-state index contributed by atoms with van der Waals surface area (Å²) in [5, 5.41) is 2.43. The average molecular weight is 1020 g/mol. The summed E-state index contributed by atoms with van der Waals surface area (Å²) in [4.78, 5) is 2.43. The van der Waals surface area contributed by atoms with Gasteiger partial charge in [-0.3, -0.25) is 0 Å². The first-order valence-electron chi connectivity index (χ1n) is 27.6. The molecule has 14 rings (SSSR count). The van der Waals surface area contributed by atoms with Crippen LogP contribution in [0.2, 0.25) is 0 Å². The molecule has 0 N–H and O–H groups in total. The number of rotatable bonds is 13. The molecule has 1 aromatic heterocycles. The van der Waals surface area contributed by atoms with Crippen molar-refractivity contribution in [1.82, 2.24) is 4.57 Å². The Kier molecular flexibility index (Phi) is 12.2. The largest absolute Gasteiger partial charge is 0.310 e. The Morgan fingerprint density at radius 1 is 0.338 bits per heavy atom. The minimum atomic E-state index is -0.447. The molecule has 0 saturated carbocycles. The second-order valence-corrected chi connectivity index (χ2v) is 21.0. The number of benzene rings is 12. The highest BCUT2D eigenvalue weighted by Gasteiger charge is 2.45. The Morgan fingerprint density at radius 3 is 1.30 bits per heavy atom. The third kappa shape index (κ3) is 8.46.